The van der Waals surface area contributed by atoms with Crippen LogP contribution in [0.25, 0.3) is 10.4 Å². The van der Waals surface area contributed by atoms with E-state index in [0.717, 1.165) is 0 Å². The molecule has 0 saturated heterocycles. The molecule has 0 fully saturated rings. The van der Waals surface area contributed by atoms with Gasteiger partial charge in [0.15, 0.2) is 11.1 Å². The first-order valence-corrected chi connectivity index (χ1v) is 4.72. The summed E-state index contributed by atoms with van der Waals surface area (Å²) in [4.78, 5) is 17.5. The van der Waals surface area contributed by atoms with Crippen LogP contribution in [0.15, 0.2) is 34.4 Å². The lowest BCUT2D eigenvalue weighted by atomic mass is 10.2. The van der Waals surface area contributed by atoms with Crippen molar-refractivity contribution in [2.45, 2.75) is 4.90 Å². The predicted molar refractivity (Wildman–Crippen MR) is 50.0 cm³/mol. The van der Waals surface area contributed by atoms with Gasteiger partial charge in [0.2, 0.25) is 0 Å². The first kappa shape index (κ1) is 11.2. The van der Waals surface area contributed by atoms with Gasteiger partial charge in [0.05, 0.1) is 10.5 Å². The molecule has 8 heteroatoms. The molecule has 0 heterocycles. The lowest BCUT2D eigenvalue weighted by molar-refractivity contribution is 0.0506. The highest BCUT2D eigenvalue weighted by atomic mass is 32.2. The highest BCUT2D eigenvalue weighted by molar-refractivity contribution is 7.79. The minimum Gasteiger partial charge on any atom is -0.355 e. The Bertz CT molecular complexity index is 455. The molecule has 0 aliphatic heterocycles. The lowest BCUT2D eigenvalue weighted by Gasteiger charge is -1.98. The number of benzene rings is 1. The second kappa shape index (κ2) is 5.11. The zero-order valence-corrected chi connectivity index (χ0v) is 8.05. The van der Waals surface area contributed by atoms with Crippen LogP contribution in [-0.2, 0) is 15.9 Å². The zero-order valence-electron chi connectivity index (χ0n) is 7.23. The van der Waals surface area contributed by atoms with Crippen molar-refractivity contribution in [1.29, 1.82) is 0 Å². The van der Waals surface area contributed by atoms with E-state index in [1.165, 1.54) is 24.3 Å². The van der Waals surface area contributed by atoms with Crippen LogP contribution in [0.2, 0.25) is 0 Å². The maximum Gasteiger partial charge on any atom is 0.349 e. The molecule has 1 unspecified atom stereocenters. The van der Waals surface area contributed by atoms with Gasteiger partial charge in [0.1, 0.15) is 5.28 Å². The molecule has 15 heavy (non-hydrogen) atoms. The molecular formula is C7H5N3O4S. The zero-order chi connectivity index (χ0) is 11.3. The molecular weight excluding hydrogens is 222 g/mol. The molecule has 1 atom stereocenters. The van der Waals surface area contributed by atoms with Crippen LogP contribution in [0.3, 0.4) is 0 Å². The first-order valence-electron chi connectivity index (χ1n) is 3.62. The molecule has 7 nitrogen and oxygen atoms in total. The third-order valence-corrected chi connectivity index (χ3v) is 2.09. The van der Waals surface area contributed by atoms with Gasteiger partial charge in [-0.05, 0) is 23.7 Å². The maximum atomic E-state index is 11.1. The van der Waals surface area contributed by atoms with Gasteiger partial charge < -0.3 is 9.39 Å². The Balaban J connectivity index is 2.94. The predicted octanol–water partition coefficient (Wildman–Crippen LogP) is 1.65. The number of nitrogens with zero attached hydrogens (tertiary/aromatic N) is 3. The van der Waals surface area contributed by atoms with Crippen LogP contribution in [-0.4, -0.2) is 14.7 Å². The molecule has 78 valence electrons. The number of hydrogen-bond acceptors (Lipinski definition) is 4. The van der Waals surface area contributed by atoms with Gasteiger partial charge >= 0.3 is 5.97 Å². The fourth-order valence-electron chi connectivity index (χ4n) is 0.840. The van der Waals surface area contributed by atoms with Crippen molar-refractivity contribution < 1.29 is 18.4 Å². The summed E-state index contributed by atoms with van der Waals surface area (Å²) in [7, 11) is 0. The Morgan fingerprint density at radius 2 is 2.33 bits per heavy atom. The normalized spacial score (nSPS) is 11.3. The molecule has 0 saturated carbocycles. The average molecular weight is 227 g/mol. The maximum absolute atomic E-state index is 11.1. The van der Waals surface area contributed by atoms with Crippen LogP contribution in [0.4, 0.5) is 0 Å². The highest BCUT2D eigenvalue weighted by Gasteiger charge is 2.08. The molecule has 1 aromatic carbocycles. The van der Waals surface area contributed by atoms with Crippen LogP contribution in [0.5, 0.6) is 0 Å². The van der Waals surface area contributed by atoms with Crippen LogP contribution < -0.4 is 0 Å². The van der Waals surface area contributed by atoms with Crippen molar-refractivity contribution in [2.75, 3.05) is 0 Å². The lowest BCUT2D eigenvalue weighted by Crippen LogP contribution is -2.01. The Kier molecular flexibility index (Phi) is 3.81. The van der Waals surface area contributed by atoms with Crippen molar-refractivity contribution >= 4 is 17.0 Å². The van der Waals surface area contributed by atoms with E-state index in [2.05, 4.69) is 15.0 Å². The monoisotopic (exact) mass is 227 g/mol. The van der Waals surface area contributed by atoms with Gasteiger partial charge in [0, 0.05) is 4.91 Å². The molecule has 0 radical (unpaired) electrons. The van der Waals surface area contributed by atoms with E-state index in [9.17, 15) is 9.00 Å². The van der Waals surface area contributed by atoms with E-state index in [0.29, 0.717) is 0 Å². The Morgan fingerprint density at radius 3 is 2.93 bits per heavy atom. The standard InChI is InChI=1S/C7H5N3O4S/c8-9-10-14-7(11)5-2-1-3-6(4-5)15(12)13/h1-4H,(H,12,13). The van der Waals surface area contributed by atoms with Crippen LogP contribution in [0, 0.1) is 0 Å². The van der Waals surface area contributed by atoms with E-state index in [4.69, 9.17) is 10.1 Å². The summed E-state index contributed by atoms with van der Waals surface area (Å²) in [6, 6.07) is 5.33. The SMILES string of the molecule is [N-]=[N+]=NOC(=O)c1cccc(S(=O)O)c1. The molecule has 0 aliphatic rings. The highest BCUT2D eigenvalue weighted by Crippen LogP contribution is 2.09. The Labute approximate surface area is 86.5 Å². The van der Waals surface area contributed by atoms with E-state index >= 15 is 0 Å². The van der Waals surface area contributed by atoms with Gasteiger partial charge in [-0.3, -0.25) is 0 Å². The number of carbonyl (C=O) groups is 1. The van der Waals surface area contributed by atoms with Gasteiger partial charge in [0.25, 0.3) is 0 Å². The Morgan fingerprint density at radius 1 is 1.60 bits per heavy atom. The summed E-state index contributed by atoms with van der Waals surface area (Å²) in [6.45, 7) is 0. The molecule has 0 amide bonds. The Hall–Kier alpha value is -1.89. The van der Waals surface area contributed by atoms with Crippen molar-refractivity contribution in [3.05, 3.63) is 40.3 Å². The summed E-state index contributed by atoms with van der Waals surface area (Å²) in [5, 5.41) is 2.62. The van der Waals surface area contributed by atoms with Gasteiger partial charge in [-0.25, -0.2) is 9.00 Å². The van der Waals surface area contributed by atoms with Crippen LogP contribution >= 0.6 is 0 Å². The number of rotatable bonds is 3. The largest absolute Gasteiger partial charge is 0.355 e. The summed E-state index contributed by atoms with van der Waals surface area (Å²) >= 11 is -2.17. The molecule has 1 rings (SSSR count). The summed E-state index contributed by atoms with van der Waals surface area (Å²) in [5.41, 5.74) is 7.93. The summed E-state index contributed by atoms with van der Waals surface area (Å²) in [5.74, 6) is -0.889. The van der Waals surface area contributed by atoms with E-state index in [1.54, 1.807) is 0 Å². The van der Waals surface area contributed by atoms with Crippen molar-refractivity contribution in [3.63, 3.8) is 0 Å². The summed E-state index contributed by atoms with van der Waals surface area (Å²) in [6.07, 6.45) is 0. The number of carbonyl (C=O) groups excluding carboxylic acids is 1. The number of azide groups is 1. The second-order valence-corrected chi connectivity index (χ2v) is 3.30. The molecule has 1 N–H and O–H groups in total. The van der Waals surface area contributed by atoms with Crippen molar-refractivity contribution in [2.24, 2.45) is 5.28 Å². The average Bonchev–Trinajstić information content (AvgIpc) is 2.26. The minimum absolute atomic E-state index is 0.0299. The van der Waals surface area contributed by atoms with E-state index in [-0.39, 0.29) is 10.5 Å². The topological polar surface area (TPSA) is 112 Å². The van der Waals surface area contributed by atoms with Gasteiger partial charge in [-0.1, -0.05) is 6.07 Å². The molecule has 0 aliphatic carbocycles. The molecule has 0 aromatic heterocycles. The molecule has 0 spiro atoms. The summed E-state index contributed by atoms with van der Waals surface area (Å²) < 4.78 is 19.4. The fourth-order valence-corrected chi connectivity index (χ4v) is 1.26. The fraction of sp³-hybridized carbons (Fsp3) is 0. The third-order valence-electron chi connectivity index (χ3n) is 1.43. The van der Waals surface area contributed by atoms with Crippen molar-refractivity contribution in [1.82, 2.24) is 0 Å². The smallest absolute Gasteiger partial charge is 0.349 e. The van der Waals surface area contributed by atoms with Crippen LogP contribution in [0.1, 0.15) is 10.4 Å². The van der Waals surface area contributed by atoms with Gasteiger partial charge in [-0.15, -0.1) is 0 Å². The minimum atomic E-state index is -2.17. The third kappa shape index (κ3) is 3.06. The molecule has 0 bridgehead atoms. The van der Waals surface area contributed by atoms with E-state index < -0.39 is 17.0 Å². The van der Waals surface area contributed by atoms with Gasteiger partial charge in [-0.2, -0.15) is 0 Å². The quantitative estimate of drug-likeness (QED) is 0.278. The van der Waals surface area contributed by atoms with E-state index in [1.807, 2.05) is 0 Å². The second-order valence-electron chi connectivity index (χ2n) is 2.33. The first-order chi connectivity index (χ1) is 7.15. The van der Waals surface area contributed by atoms with Crippen molar-refractivity contribution in [3.8, 4) is 0 Å². The molecule has 1 aromatic rings. The number of hydrogen-bond donors (Lipinski definition) is 1.